The van der Waals surface area contributed by atoms with E-state index in [1.165, 1.54) is 47.0 Å². The van der Waals surface area contributed by atoms with Gasteiger partial charge in [0.25, 0.3) is 0 Å². The minimum atomic E-state index is -4.75. The van der Waals surface area contributed by atoms with Crippen LogP contribution in [-0.2, 0) is 11.2 Å². The average molecular weight is 625 g/mol. The molecule has 13 heteroatoms. The molecule has 1 aliphatic heterocycles. The molecule has 1 N–H and O–H groups in total. The second-order valence-corrected chi connectivity index (χ2v) is 11.2. The largest absolute Gasteiger partial charge is 0.573 e. The van der Waals surface area contributed by atoms with E-state index in [9.17, 15) is 18.0 Å². The van der Waals surface area contributed by atoms with Crippen LogP contribution in [0.1, 0.15) is 30.9 Å². The summed E-state index contributed by atoms with van der Waals surface area (Å²) in [5, 5.41) is 8.49. The van der Waals surface area contributed by atoms with Gasteiger partial charge in [0.2, 0.25) is 5.91 Å². The first-order chi connectivity index (χ1) is 20.6. The molecule has 1 aliphatic rings. The van der Waals surface area contributed by atoms with Gasteiger partial charge in [-0.05, 0) is 72.1 Å². The number of hydrogen-bond acceptors (Lipinski definition) is 6. The number of nitrogens with zero attached hydrogens (tertiary/aromatic N) is 5. The number of amides is 1. The van der Waals surface area contributed by atoms with Crippen molar-refractivity contribution in [2.24, 2.45) is 4.99 Å². The van der Waals surface area contributed by atoms with Crippen molar-refractivity contribution in [3.05, 3.63) is 90.3 Å². The van der Waals surface area contributed by atoms with Crippen molar-refractivity contribution in [3.63, 3.8) is 0 Å². The molecule has 1 amide bonds. The number of halogens is 3. The third kappa shape index (κ3) is 7.59. The van der Waals surface area contributed by atoms with E-state index in [1.807, 2.05) is 48.5 Å². The molecule has 222 valence electrons. The molecule has 0 atom stereocenters. The summed E-state index contributed by atoms with van der Waals surface area (Å²) in [6, 6.07) is 20.9. The Bertz CT molecular complexity index is 1650. The maximum absolute atomic E-state index is 12.7. The molecule has 8 nitrogen and oxygen atoms in total. The standard InChI is InChI=1S/C30H27F3N6O2S2/c1-19(2)24-8-3-4-9-25(24)39-26(40)17-43-29(39)36-28(42)34-15-14-20-6-5-7-21(16-20)27-35-18-38(37-27)22-10-12-23(13-11-22)41-30(31,32)33/h3-13,16,18-19H,14-15,17H2,1-2H3,(H,34,42). The number of para-hydroxylation sites is 1. The fraction of sp³-hybridized carbons (Fsp3) is 0.233. The Morgan fingerprint density at radius 3 is 2.63 bits per heavy atom. The minimum Gasteiger partial charge on any atom is -0.406 e. The first-order valence-electron chi connectivity index (χ1n) is 13.4. The van der Waals surface area contributed by atoms with Crippen molar-refractivity contribution < 1.29 is 22.7 Å². The molecule has 43 heavy (non-hydrogen) atoms. The summed E-state index contributed by atoms with van der Waals surface area (Å²) in [4.78, 5) is 23.3. The van der Waals surface area contributed by atoms with Crippen molar-refractivity contribution in [2.45, 2.75) is 32.5 Å². The van der Waals surface area contributed by atoms with Gasteiger partial charge in [-0.15, -0.1) is 18.3 Å². The first-order valence-corrected chi connectivity index (χ1v) is 14.7. The number of nitrogens with one attached hydrogen (secondary N) is 1. The summed E-state index contributed by atoms with van der Waals surface area (Å²) in [6.45, 7) is 4.70. The predicted molar refractivity (Wildman–Crippen MR) is 166 cm³/mol. The number of aromatic nitrogens is 3. The third-order valence-electron chi connectivity index (χ3n) is 6.46. The molecule has 4 aromatic rings. The third-order valence-corrected chi connectivity index (χ3v) is 7.62. The quantitative estimate of drug-likeness (QED) is 0.224. The topological polar surface area (TPSA) is 84.6 Å². The van der Waals surface area contributed by atoms with Gasteiger partial charge in [-0.1, -0.05) is 62.0 Å². The number of anilines is 1. The van der Waals surface area contributed by atoms with Crippen LogP contribution < -0.4 is 15.0 Å². The summed E-state index contributed by atoms with van der Waals surface area (Å²) >= 11 is 6.85. The zero-order valence-corrected chi connectivity index (χ0v) is 24.8. The van der Waals surface area contributed by atoms with E-state index in [-0.39, 0.29) is 17.6 Å². The number of carbonyl (C=O) groups excluding carboxylic acids is 1. The van der Waals surface area contributed by atoms with Crippen LogP contribution >= 0.6 is 24.0 Å². The zero-order valence-electron chi connectivity index (χ0n) is 23.2. The van der Waals surface area contributed by atoms with Crippen LogP contribution in [0.4, 0.5) is 18.9 Å². The lowest BCUT2D eigenvalue weighted by molar-refractivity contribution is -0.274. The molecule has 0 bridgehead atoms. The molecule has 2 heterocycles. The maximum atomic E-state index is 12.7. The van der Waals surface area contributed by atoms with E-state index in [4.69, 9.17) is 12.2 Å². The van der Waals surface area contributed by atoms with E-state index >= 15 is 0 Å². The normalized spacial score (nSPS) is 14.5. The van der Waals surface area contributed by atoms with Gasteiger partial charge in [0, 0.05) is 12.1 Å². The molecule has 0 unspecified atom stereocenters. The summed E-state index contributed by atoms with van der Waals surface area (Å²) in [7, 11) is 0. The summed E-state index contributed by atoms with van der Waals surface area (Å²) in [5.74, 6) is 0.682. The molecular formula is C30H27F3N6O2S2. The number of alkyl halides is 3. The van der Waals surface area contributed by atoms with Crippen LogP contribution in [0.2, 0.25) is 0 Å². The molecule has 1 aromatic heterocycles. The molecular weight excluding hydrogens is 597 g/mol. The summed E-state index contributed by atoms with van der Waals surface area (Å²) in [6.07, 6.45) is -2.61. The van der Waals surface area contributed by atoms with Crippen molar-refractivity contribution in [2.75, 3.05) is 17.2 Å². The van der Waals surface area contributed by atoms with Gasteiger partial charge in [0.1, 0.15) is 12.1 Å². The van der Waals surface area contributed by atoms with E-state index in [1.54, 1.807) is 4.90 Å². The molecule has 1 fully saturated rings. The second kappa shape index (κ2) is 13.0. The lowest BCUT2D eigenvalue weighted by atomic mass is 10.0. The Balaban J connectivity index is 1.20. The fourth-order valence-corrected chi connectivity index (χ4v) is 5.60. The van der Waals surface area contributed by atoms with Crippen molar-refractivity contribution in [1.82, 2.24) is 20.1 Å². The Morgan fingerprint density at radius 1 is 1.12 bits per heavy atom. The van der Waals surface area contributed by atoms with E-state index < -0.39 is 6.36 Å². The van der Waals surface area contributed by atoms with Crippen LogP contribution in [-0.4, -0.2) is 49.6 Å². The first kappa shape index (κ1) is 30.2. The Morgan fingerprint density at radius 2 is 1.88 bits per heavy atom. The predicted octanol–water partition coefficient (Wildman–Crippen LogP) is 6.51. The fourth-order valence-electron chi connectivity index (χ4n) is 4.49. The molecule has 3 aromatic carbocycles. The van der Waals surface area contributed by atoms with E-state index in [0.29, 0.717) is 40.5 Å². The smallest absolute Gasteiger partial charge is 0.406 e. The van der Waals surface area contributed by atoms with E-state index in [2.05, 4.69) is 39.0 Å². The molecule has 5 rings (SSSR count). The van der Waals surface area contributed by atoms with Crippen LogP contribution in [0.3, 0.4) is 0 Å². The number of hydrogen-bond donors (Lipinski definition) is 1. The van der Waals surface area contributed by atoms with Crippen molar-refractivity contribution >= 4 is 45.9 Å². The van der Waals surface area contributed by atoms with Gasteiger partial charge in [0.15, 0.2) is 16.1 Å². The average Bonchev–Trinajstić information content (AvgIpc) is 3.60. The number of benzene rings is 3. The highest BCUT2D eigenvalue weighted by Crippen LogP contribution is 2.33. The zero-order chi connectivity index (χ0) is 30.6. The Labute approximate surface area is 256 Å². The van der Waals surface area contributed by atoms with Gasteiger partial charge in [0.05, 0.1) is 17.1 Å². The maximum Gasteiger partial charge on any atom is 0.573 e. The number of carbonyl (C=O) groups is 1. The number of thioether (sulfide) groups is 1. The number of amidine groups is 1. The minimum absolute atomic E-state index is 0.0278. The lowest BCUT2D eigenvalue weighted by Crippen LogP contribution is -2.32. The van der Waals surface area contributed by atoms with Gasteiger partial charge >= 0.3 is 6.36 Å². The molecule has 0 aliphatic carbocycles. The van der Waals surface area contributed by atoms with Gasteiger partial charge in [-0.3, -0.25) is 9.69 Å². The Hall–Kier alpha value is -4.23. The van der Waals surface area contributed by atoms with Crippen molar-refractivity contribution in [3.8, 4) is 22.8 Å². The van der Waals surface area contributed by atoms with E-state index in [0.717, 1.165) is 22.4 Å². The van der Waals surface area contributed by atoms with Crippen LogP contribution in [0.5, 0.6) is 5.75 Å². The number of aliphatic imine (C=N–C) groups is 1. The molecule has 1 saturated heterocycles. The van der Waals surface area contributed by atoms with Gasteiger partial charge in [-0.25, -0.2) is 9.67 Å². The van der Waals surface area contributed by atoms with Crippen molar-refractivity contribution in [1.29, 1.82) is 0 Å². The highest BCUT2D eigenvalue weighted by molar-refractivity contribution is 8.15. The summed E-state index contributed by atoms with van der Waals surface area (Å²) in [5.41, 5.74) is 4.24. The highest BCUT2D eigenvalue weighted by Gasteiger charge is 2.32. The van der Waals surface area contributed by atoms with Crippen LogP contribution in [0, 0.1) is 0 Å². The van der Waals surface area contributed by atoms with Gasteiger partial charge < -0.3 is 10.1 Å². The lowest BCUT2D eigenvalue weighted by Gasteiger charge is -2.21. The Kier molecular flexibility index (Phi) is 9.11. The monoisotopic (exact) mass is 624 g/mol. The number of ether oxygens (including phenoxy) is 1. The summed E-state index contributed by atoms with van der Waals surface area (Å²) < 4.78 is 42.7. The second-order valence-electron chi connectivity index (χ2n) is 9.86. The molecule has 0 saturated carbocycles. The number of rotatable bonds is 8. The highest BCUT2D eigenvalue weighted by atomic mass is 32.2. The number of thiocarbonyl (C=S) groups is 1. The van der Waals surface area contributed by atoms with Crippen LogP contribution in [0.15, 0.2) is 84.1 Å². The van der Waals surface area contributed by atoms with Crippen LogP contribution in [0.25, 0.3) is 17.1 Å². The SMILES string of the molecule is CC(C)c1ccccc1N1C(=O)CSC1=NC(=S)NCCc1cccc(-c2ncn(-c3ccc(OC(F)(F)F)cc3)n2)c1. The molecule has 0 spiro atoms. The van der Waals surface area contributed by atoms with Gasteiger partial charge in [-0.2, -0.15) is 4.99 Å². The molecule has 0 radical (unpaired) electrons.